The first-order valence-electron chi connectivity index (χ1n) is 5.05. The van der Waals surface area contributed by atoms with Gasteiger partial charge in [-0.15, -0.1) is 0 Å². The number of nitrogens with one attached hydrogen (secondary N) is 1. The molecular formula is C11H10BrF4NO2. The fourth-order valence-electron chi connectivity index (χ4n) is 1.18. The maximum atomic E-state index is 12.7. The first-order chi connectivity index (χ1) is 8.77. The number of halogens is 5. The van der Waals surface area contributed by atoms with Gasteiger partial charge < -0.3 is 10.1 Å². The fraction of sp³-hybridized carbons (Fsp3) is 0.364. The van der Waals surface area contributed by atoms with E-state index in [1.54, 1.807) is 11.4 Å². The number of ether oxygens (including phenoxy) is 1. The molecule has 0 saturated carbocycles. The predicted octanol–water partition coefficient (Wildman–Crippen LogP) is 3.09. The molecule has 0 heterocycles. The van der Waals surface area contributed by atoms with E-state index in [0.29, 0.717) is 10.2 Å². The van der Waals surface area contributed by atoms with Gasteiger partial charge in [0, 0.05) is 4.47 Å². The molecule has 19 heavy (non-hydrogen) atoms. The monoisotopic (exact) mass is 343 g/mol. The van der Waals surface area contributed by atoms with Gasteiger partial charge >= 0.3 is 12.3 Å². The van der Waals surface area contributed by atoms with E-state index < -0.39 is 24.8 Å². The zero-order valence-corrected chi connectivity index (χ0v) is 11.3. The number of methoxy groups -OCH3 is 1. The molecule has 0 atom stereocenters. The summed E-state index contributed by atoms with van der Waals surface area (Å²) in [5.74, 6) is -4.82. The topological polar surface area (TPSA) is 38.3 Å². The largest absolute Gasteiger partial charge is 0.497 e. The van der Waals surface area contributed by atoms with Crippen LogP contribution >= 0.6 is 15.9 Å². The molecule has 1 aromatic carbocycles. The Bertz CT molecular complexity index is 468. The molecule has 0 aliphatic heterocycles. The van der Waals surface area contributed by atoms with Crippen molar-refractivity contribution in [2.45, 2.75) is 12.3 Å². The second kappa shape index (κ2) is 6.23. The van der Waals surface area contributed by atoms with Crippen LogP contribution in [-0.4, -0.2) is 31.9 Å². The zero-order chi connectivity index (χ0) is 14.6. The number of amides is 1. The molecule has 0 fully saturated rings. The van der Waals surface area contributed by atoms with Crippen molar-refractivity contribution in [3.05, 3.63) is 28.2 Å². The highest BCUT2D eigenvalue weighted by molar-refractivity contribution is 9.10. The van der Waals surface area contributed by atoms with Crippen LogP contribution in [0, 0.1) is 0 Å². The Morgan fingerprint density at radius 2 is 2.11 bits per heavy atom. The average molecular weight is 344 g/mol. The van der Waals surface area contributed by atoms with Crippen molar-refractivity contribution in [2.24, 2.45) is 0 Å². The molecule has 0 aliphatic carbocycles. The molecule has 106 valence electrons. The van der Waals surface area contributed by atoms with Crippen molar-refractivity contribution < 1.29 is 27.1 Å². The molecule has 0 aromatic heterocycles. The molecule has 1 N–H and O–H groups in total. The minimum atomic E-state index is -4.26. The SMILES string of the molecule is COc1ccc(Br)c(C(=O)NCC(F)(F)C(F)F)c1. The third kappa shape index (κ3) is 4.09. The van der Waals surface area contributed by atoms with Gasteiger partial charge in [0.15, 0.2) is 0 Å². The first-order valence-corrected chi connectivity index (χ1v) is 5.85. The predicted molar refractivity (Wildman–Crippen MR) is 64.0 cm³/mol. The van der Waals surface area contributed by atoms with E-state index in [1.807, 2.05) is 0 Å². The number of hydrogen-bond donors (Lipinski definition) is 1. The van der Waals surface area contributed by atoms with Gasteiger partial charge in [-0.3, -0.25) is 4.79 Å². The van der Waals surface area contributed by atoms with E-state index in [1.165, 1.54) is 19.2 Å². The van der Waals surface area contributed by atoms with Crippen molar-refractivity contribution in [3.8, 4) is 5.75 Å². The van der Waals surface area contributed by atoms with Crippen molar-refractivity contribution in [1.82, 2.24) is 5.32 Å². The van der Waals surface area contributed by atoms with Crippen LogP contribution in [-0.2, 0) is 0 Å². The standard InChI is InChI=1S/C11H10BrF4NO2/c1-19-6-2-3-8(12)7(4-6)9(18)17-5-11(15,16)10(13)14/h2-4,10H,5H2,1H3,(H,17,18). The van der Waals surface area contributed by atoms with Crippen LogP contribution in [0.5, 0.6) is 5.75 Å². The van der Waals surface area contributed by atoms with Crippen molar-refractivity contribution >= 4 is 21.8 Å². The van der Waals surface area contributed by atoms with E-state index >= 15 is 0 Å². The molecule has 3 nitrogen and oxygen atoms in total. The van der Waals surface area contributed by atoms with Gasteiger partial charge in [-0.1, -0.05) is 0 Å². The van der Waals surface area contributed by atoms with Gasteiger partial charge in [0.1, 0.15) is 5.75 Å². The highest BCUT2D eigenvalue weighted by atomic mass is 79.9. The summed E-state index contributed by atoms with van der Waals surface area (Å²) >= 11 is 3.06. The quantitative estimate of drug-likeness (QED) is 0.834. The minimum absolute atomic E-state index is 0.0180. The van der Waals surface area contributed by atoms with Crippen LogP contribution < -0.4 is 10.1 Å². The van der Waals surface area contributed by atoms with Crippen LogP contribution in [0.3, 0.4) is 0 Å². The van der Waals surface area contributed by atoms with Crippen molar-refractivity contribution in [2.75, 3.05) is 13.7 Å². The van der Waals surface area contributed by atoms with Gasteiger partial charge in [0.05, 0.1) is 19.2 Å². The minimum Gasteiger partial charge on any atom is -0.497 e. The van der Waals surface area contributed by atoms with E-state index in [-0.39, 0.29) is 5.56 Å². The average Bonchev–Trinajstić information content (AvgIpc) is 2.36. The smallest absolute Gasteiger partial charge is 0.324 e. The van der Waals surface area contributed by atoms with Crippen LogP contribution in [0.15, 0.2) is 22.7 Å². The number of alkyl halides is 4. The highest BCUT2D eigenvalue weighted by Crippen LogP contribution is 2.24. The molecular weight excluding hydrogens is 334 g/mol. The van der Waals surface area contributed by atoms with Crippen LogP contribution in [0.1, 0.15) is 10.4 Å². The van der Waals surface area contributed by atoms with Gasteiger partial charge in [0.2, 0.25) is 0 Å². The molecule has 0 saturated heterocycles. The summed E-state index contributed by atoms with van der Waals surface area (Å²) in [6, 6.07) is 4.34. The van der Waals surface area contributed by atoms with Gasteiger partial charge in [-0.25, -0.2) is 8.78 Å². The Kier molecular flexibility index (Phi) is 5.16. The van der Waals surface area contributed by atoms with Crippen LogP contribution in [0.4, 0.5) is 17.6 Å². The number of rotatable bonds is 5. The molecule has 0 unspecified atom stereocenters. The maximum Gasteiger partial charge on any atom is 0.324 e. The third-order valence-corrected chi connectivity index (χ3v) is 2.91. The Hall–Kier alpha value is -1.31. The summed E-state index contributed by atoms with van der Waals surface area (Å²) in [7, 11) is 1.37. The molecule has 0 bridgehead atoms. The van der Waals surface area contributed by atoms with E-state index in [2.05, 4.69) is 15.9 Å². The molecule has 8 heteroatoms. The number of benzene rings is 1. The normalized spacial score (nSPS) is 11.5. The molecule has 1 rings (SSSR count). The Labute approximate surface area is 115 Å². The summed E-state index contributed by atoms with van der Waals surface area (Å²) < 4.78 is 54.4. The first kappa shape index (κ1) is 15.7. The zero-order valence-electron chi connectivity index (χ0n) is 9.72. The van der Waals surface area contributed by atoms with Gasteiger partial charge in [-0.2, -0.15) is 8.78 Å². The van der Waals surface area contributed by atoms with E-state index in [4.69, 9.17) is 4.74 Å². The number of hydrogen-bond acceptors (Lipinski definition) is 2. The van der Waals surface area contributed by atoms with Crippen molar-refractivity contribution in [3.63, 3.8) is 0 Å². The van der Waals surface area contributed by atoms with Crippen LogP contribution in [0.2, 0.25) is 0 Å². The molecule has 0 aliphatic rings. The lowest BCUT2D eigenvalue weighted by Crippen LogP contribution is -2.41. The lowest BCUT2D eigenvalue weighted by atomic mass is 10.2. The van der Waals surface area contributed by atoms with Gasteiger partial charge in [0.25, 0.3) is 5.91 Å². The molecule has 1 amide bonds. The van der Waals surface area contributed by atoms with E-state index in [9.17, 15) is 22.4 Å². The highest BCUT2D eigenvalue weighted by Gasteiger charge is 2.40. The second-order valence-corrected chi connectivity index (χ2v) is 4.44. The Morgan fingerprint density at radius 1 is 1.47 bits per heavy atom. The summed E-state index contributed by atoms with van der Waals surface area (Å²) in [5.41, 5.74) is 0.0180. The molecule has 0 radical (unpaired) electrons. The van der Waals surface area contributed by atoms with E-state index in [0.717, 1.165) is 0 Å². The summed E-state index contributed by atoms with van der Waals surface area (Å²) in [5, 5.41) is 1.76. The van der Waals surface area contributed by atoms with Crippen molar-refractivity contribution in [1.29, 1.82) is 0 Å². The lowest BCUT2D eigenvalue weighted by Gasteiger charge is -2.16. The fourth-order valence-corrected chi connectivity index (χ4v) is 1.60. The van der Waals surface area contributed by atoms with Gasteiger partial charge in [-0.05, 0) is 34.1 Å². The second-order valence-electron chi connectivity index (χ2n) is 3.59. The maximum absolute atomic E-state index is 12.7. The lowest BCUT2D eigenvalue weighted by molar-refractivity contribution is -0.123. The summed E-state index contributed by atoms with van der Waals surface area (Å²) in [6.45, 7) is -1.44. The third-order valence-electron chi connectivity index (χ3n) is 2.22. The molecule has 1 aromatic rings. The Balaban J connectivity index is 2.79. The summed E-state index contributed by atoms with van der Waals surface area (Å²) in [4.78, 5) is 11.6. The number of carbonyl (C=O) groups is 1. The molecule has 0 spiro atoms. The summed E-state index contributed by atoms with van der Waals surface area (Å²) in [6.07, 6.45) is -3.83. The Morgan fingerprint density at radius 3 is 2.63 bits per heavy atom. The van der Waals surface area contributed by atoms with Crippen LogP contribution in [0.25, 0.3) is 0 Å². The number of carbonyl (C=O) groups excluding carboxylic acids is 1.